The Hall–Kier alpha value is -3.57. The number of nitrogens with two attached hydrogens (primary N) is 1. The van der Waals surface area contributed by atoms with Gasteiger partial charge in [-0.3, -0.25) is 13.9 Å². The summed E-state index contributed by atoms with van der Waals surface area (Å²) in [6.07, 6.45) is -3.33. The Kier molecular flexibility index (Phi) is 5.43. The van der Waals surface area contributed by atoms with Crippen LogP contribution in [0.25, 0.3) is 22.3 Å². The van der Waals surface area contributed by atoms with Crippen molar-refractivity contribution >= 4 is 17.1 Å². The van der Waals surface area contributed by atoms with Crippen LogP contribution in [-0.4, -0.2) is 59.3 Å². The molecule has 33 heavy (non-hydrogen) atoms. The quantitative estimate of drug-likeness (QED) is 0.344. The second kappa shape index (κ2) is 8.41. The van der Waals surface area contributed by atoms with Crippen LogP contribution >= 0.6 is 0 Å². The number of hydrogen-bond donors (Lipinski definition) is 4. The Balaban J connectivity index is 1.45. The number of benzene rings is 2. The van der Waals surface area contributed by atoms with Gasteiger partial charge in [0.1, 0.15) is 18.3 Å². The van der Waals surface area contributed by atoms with Gasteiger partial charge in [0.2, 0.25) is 5.95 Å². The first-order chi connectivity index (χ1) is 16.0. The van der Waals surface area contributed by atoms with Crippen LogP contribution in [0.4, 0.5) is 5.95 Å². The molecule has 1 aliphatic heterocycles. The highest BCUT2D eigenvalue weighted by molar-refractivity contribution is 5.71. The molecule has 0 bridgehead atoms. The van der Waals surface area contributed by atoms with E-state index in [4.69, 9.17) is 10.5 Å². The van der Waals surface area contributed by atoms with Crippen LogP contribution in [0.5, 0.6) is 0 Å². The van der Waals surface area contributed by atoms with Gasteiger partial charge in [0, 0.05) is 0 Å². The molecule has 1 aliphatic rings. The number of rotatable bonds is 5. The van der Waals surface area contributed by atoms with Gasteiger partial charge in [0.05, 0.1) is 19.5 Å². The summed E-state index contributed by atoms with van der Waals surface area (Å²) in [5.74, 6) is -0.0203. The van der Waals surface area contributed by atoms with Crippen molar-refractivity contribution in [1.82, 2.24) is 19.1 Å². The van der Waals surface area contributed by atoms with Gasteiger partial charge < -0.3 is 25.8 Å². The molecule has 2 aromatic heterocycles. The molecular weight excluding hydrogens is 426 g/mol. The summed E-state index contributed by atoms with van der Waals surface area (Å²) in [5, 5.41) is 29.7. The molecule has 1 saturated heterocycles. The number of imidazole rings is 1. The minimum Gasteiger partial charge on any atom is -0.394 e. The maximum absolute atomic E-state index is 13.1. The van der Waals surface area contributed by atoms with E-state index in [9.17, 15) is 20.1 Å². The van der Waals surface area contributed by atoms with Gasteiger partial charge in [0.15, 0.2) is 17.4 Å². The minimum atomic E-state index is -1.33. The number of aliphatic hydroxyl groups is 3. The first-order valence-corrected chi connectivity index (χ1v) is 10.5. The third kappa shape index (κ3) is 3.68. The molecular formula is C23H23N5O5. The zero-order valence-corrected chi connectivity index (χ0v) is 17.5. The predicted octanol–water partition coefficient (Wildman–Crippen LogP) is 0.502. The normalized spacial score (nSPS) is 22.8. The summed E-state index contributed by atoms with van der Waals surface area (Å²) < 4.78 is 8.19. The van der Waals surface area contributed by atoms with Crippen LogP contribution < -0.4 is 11.3 Å². The van der Waals surface area contributed by atoms with Crippen molar-refractivity contribution < 1.29 is 20.1 Å². The Morgan fingerprint density at radius 1 is 1.00 bits per heavy atom. The van der Waals surface area contributed by atoms with E-state index in [1.54, 1.807) is 0 Å². The first kappa shape index (κ1) is 21.3. The number of nitrogens with zero attached hydrogens (tertiary/aromatic N) is 4. The van der Waals surface area contributed by atoms with Gasteiger partial charge in [-0.15, -0.1) is 0 Å². The molecule has 1 fully saturated rings. The van der Waals surface area contributed by atoms with Crippen molar-refractivity contribution in [2.24, 2.45) is 0 Å². The number of nitrogen functional groups attached to an aromatic ring is 1. The zero-order chi connectivity index (χ0) is 23.1. The smallest absolute Gasteiger partial charge is 0.283 e. The third-order valence-electron chi connectivity index (χ3n) is 5.91. The predicted molar refractivity (Wildman–Crippen MR) is 120 cm³/mol. The van der Waals surface area contributed by atoms with Crippen molar-refractivity contribution in [3.63, 3.8) is 0 Å². The minimum absolute atomic E-state index is 0.0203. The van der Waals surface area contributed by atoms with Gasteiger partial charge in [-0.05, 0) is 16.7 Å². The average molecular weight is 449 g/mol. The van der Waals surface area contributed by atoms with E-state index in [1.807, 2.05) is 54.6 Å². The molecule has 0 spiro atoms. The van der Waals surface area contributed by atoms with Crippen molar-refractivity contribution in [2.45, 2.75) is 31.1 Å². The SMILES string of the molecule is Nc1nc2c(ncn2[C@@H]2O[C@H](CO)[C@@H](O)[C@H]2O)c(=O)n1Cc1ccc(-c2ccccc2)cc1. The lowest BCUT2D eigenvalue weighted by Crippen LogP contribution is -2.33. The van der Waals surface area contributed by atoms with E-state index >= 15 is 0 Å². The highest BCUT2D eigenvalue weighted by Gasteiger charge is 2.44. The molecule has 4 atom stereocenters. The summed E-state index contributed by atoms with van der Waals surface area (Å²) in [4.78, 5) is 21.6. The van der Waals surface area contributed by atoms with Gasteiger partial charge >= 0.3 is 0 Å². The van der Waals surface area contributed by atoms with Crippen molar-refractivity contribution in [3.8, 4) is 11.1 Å². The van der Waals surface area contributed by atoms with Crippen LogP contribution in [0, 0.1) is 0 Å². The number of anilines is 1. The summed E-state index contributed by atoms with van der Waals surface area (Å²) in [6, 6.07) is 17.8. The number of fused-ring (bicyclic) bond motifs is 1. The summed E-state index contributed by atoms with van der Waals surface area (Å²) in [6.45, 7) is -0.254. The van der Waals surface area contributed by atoms with E-state index in [0.29, 0.717) is 0 Å². The van der Waals surface area contributed by atoms with Gasteiger partial charge in [-0.2, -0.15) is 4.98 Å². The molecule has 0 saturated carbocycles. The standard InChI is InChI=1S/C23H23N5O5/c24-23-26-20-17(25-12-28(20)22-19(31)18(30)16(11-29)33-22)21(32)27(23)10-13-6-8-15(9-7-13)14-4-2-1-3-5-14/h1-9,12,16,18-19,22,29-31H,10-11H2,(H2,24,26)/t16-,18-,19-,22-/m1/s1. The van der Waals surface area contributed by atoms with Crippen molar-refractivity contribution in [2.75, 3.05) is 12.3 Å². The van der Waals surface area contributed by atoms with Crippen molar-refractivity contribution in [1.29, 1.82) is 0 Å². The maximum Gasteiger partial charge on any atom is 0.283 e. The van der Waals surface area contributed by atoms with Crippen molar-refractivity contribution in [3.05, 3.63) is 76.8 Å². The topological polar surface area (TPSA) is 149 Å². The van der Waals surface area contributed by atoms with E-state index in [1.165, 1.54) is 15.5 Å². The highest BCUT2D eigenvalue weighted by Crippen LogP contribution is 2.31. The second-order valence-corrected chi connectivity index (χ2v) is 7.98. The number of aromatic nitrogens is 4. The Morgan fingerprint density at radius 3 is 2.36 bits per heavy atom. The van der Waals surface area contributed by atoms with E-state index in [0.717, 1.165) is 16.7 Å². The number of aliphatic hydroxyl groups excluding tert-OH is 3. The molecule has 170 valence electrons. The van der Waals surface area contributed by atoms with Gasteiger partial charge in [-0.25, -0.2) is 4.98 Å². The summed E-state index contributed by atoms with van der Waals surface area (Å²) in [5.41, 5.74) is 8.89. The largest absolute Gasteiger partial charge is 0.394 e. The van der Waals surface area contributed by atoms with Crippen LogP contribution in [-0.2, 0) is 11.3 Å². The monoisotopic (exact) mass is 449 g/mol. The molecule has 5 rings (SSSR count). The van der Waals surface area contributed by atoms with Gasteiger partial charge in [0.25, 0.3) is 5.56 Å². The Morgan fingerprint density at radius 2 is 1.70 bits per heavy atom. The van der Waals surface area contributed by atoms with E-state index in [2.05, 4.69) is 9.97 Å². The van der Waals surface area contributed by atoms with Crippen LogP contribution in [0.1, 0.15) is 11.8 Å². The highest BCUT2D eigenvalue weighted by atomic mass is 16.6. The molecule has 10 nitrogen and oxygen atoms in total. The average Bonchev–Trinajstić information content (AvgIpc) is 3.38. The third-order valence-corrected chi connectivity index (χ3v) is 5.91. The number of ether oxygens (including phenoxy) is 1. The van der Waals surface area contributed by atoms with Crippen LogP contribution in [0.15, 0.2) is 65.7 Å². The number of hydrogen-bond acceptors (Lipinski definition) is 8. The molecule has 10 heteroatoms. The lowest BCUT2D eigenvalue weighted by molar-refractivity contribution is -0.0511. The fraction of sp³-hybridized carbons (Fsp3) is 0.261. The Bertz CT molecular complexity index is 1340. The molecule has 0 unspecified atom stereocenters. The van der Waals surface area contributed by atoms with Crippen LogP contribution in [0.2, 0.25) is 0 Å². The lowest BCUT2D eigenvalue weighted by atomic mass is 10.0. The fourth-order valence-electron chi connectivity index (χ4n) is 4.08. The Labute approximate surface area is 188 Å². The van der Waals surface area contributed by atoms with E-state index < -0.39 is 36.7 Å². The molecule has 0 aliphatic carbocycles. The second-order valence-electron chi connectivity index (χ2n) is 7.98. The summed E-state index contributed by atoms with van der Waals surface area (Å²) >= 11 is 0. The molecule has 0 amide bonds. The lowest BCUT2D eigenvalue weighted by Gasteiger charge is -2.17. The maximum atomic E-state index is 13.1. The fourth-order valence-corrected chi connectivity index (χ4v) is 4.08. The van der Waals surface area contributed by atoms with Gasteiger partial charge in [-0.1, -0.05) is 54.6 Å². The van der Waals surface area contributed by atoms with Crippen LogP contribution in [0.3, 0.4) is 0 Å². The molecule has 5 N–H and O–H groups in total. The molecule has 2 aromatic carbocycles. The summed E-state index contributed by atoms with van der Waals surface area (Å²) in [7, 11) is 0. The first-order valence-electron chi connectivity index (χ1n) is 10.5. The van der Waals surface area contributed by atoms with E-state index in [-0.39, 0.29) is 23.7 Å². The zero-order valence-electron chi connectivity index (χ0n) is 17.5. The molecule has 3 heterocycles. The molecule has 4 aromatic rings. The molecule has 0 radical (unpaired) electrons.